The Morgan fingerprint density at radius 2 is 2.00 bits per heavy atom. The Kier molecular flexibility index (Phi) is 4.29. The highest BCUT2D eigenvalue weighted by atomic mass is 16.5. The minimum absolute atomic E-state index is 0.140. The molecule has 0 radical (unpaired) electrons. The van der Waals surface area contributed by atoms with Crippen LogP contribution in [0.5, 0.6) is 5.75 Å². The summed E-state index contributed by atoms with van der Waals surface area (Å²) in [7, 11) is 3.38. The number of ether oxygens (including phenoxy) is 1. The average molecular weight is 328 g/mol. The maximum Gasteiger partial charge on any atom is 0.308 e. The maximum absolute atomic E-state index is 12.7. The number of nitrogens with zero attached hydrogens (tertiary/aromatic N) is 2. The van der Waals surface area contributed by atoms with Gasteiger partial charge in [0.05, 0.1) is 13.0 Å². The zero-order valence-corrected chi connectivity index (χ0v) is 13.7. The predicted molar refractivity (Wildman–Crippen MR) is 88.2 cm³/mol. The molecule has 1 fully saturated rings. The molecule has 1 aromatic heterocycles. The number of benzene rings is 1. The topological polar surface area (TPSA) is 71.8 Å². The first-order chi connectivity index (χ1) is 11.5. The van der Waals surface area contributed by atoms with Crippen molar-refractivity contribution in [1.82, 2.24) is 9.47 Å². The summed E-state index contributed by atoms with van der Waals surface area (Å²) in [5.74, 6) is -1.21. The summed E-state index contributed by atoms with van der Waals surface area (Å²) >= 11 is 0. The van der Waals surface area contributed by atoms with Gasteiger partial charge in [0.15, 0.2) is 0 Å². The van der Waals surface area contributed by atoms with Crippen molar-refractivity contribution in [2.75, 3.05) is 20.2 Å². The van der Waals surface area contributed by atoms with Crippen molar-refractivity contribution in [2.24, 2.45) is 13.0 Å². The third kappa shape index (κ3) is 2.87. The van der Waals surface area contributed by atoms with Gasteiger partial charge in [-0.25, -0.2) is 0 Å². The first-order valence-corrected chi connectivity index (χ1v) is 7.78. The van der Waals surface area contributed by atoms with E-state index in [-0.39, 0.29) is 18.4 Å². The number of aryl methyl sites for hydroxylation is 1. The van der Waals surface area contributed by atoms with E-state index in [9.17, 15) is 14.7 Å². The molecular formula is C18H20N2O4. The summed E-state index contributed by atoms with van der Waals surface area (Å²) in [5.41, 5.74) is 1.44. The standard InChI is InChI=1S/C18H20N2O4/c1-19-8-4-7-16(19)17(21)20-10-14(15(11-20)18(22)23)12-5-3-6-13(9-12)24-2/h3-9,14-15H,10-11H2,1-2H3,(H,22,23)/t14-,15+/m1/s1. The predicted octanol–water partition coefficient (Wildman–Crippen LogP) is 1.97. The molecule has 0 spiro atoms. The third-order valence-corrected chi connectivity index (χ3v) is 4.61. The van der Waals surface area contributed by atoms with E-state index in [2.05, 4.69) is 0 Å². The van der Waals surface area contributed by atoms with Crippen molar-refractivity contribution in [3.05, 3.63) is 53.9 Å². The number of aromatic nitrogens is 1. The van der Waals surface area contributed by atoms with Crippen LogP contribution in [0, 0.1) is 5.92 Å². The molecule has 0 unspecified atom stereocenters. The molecule has 0 aliphatic carbocycles. The van der Waals surface area contributed by atoms with Crippen molar-refractivity contribution in [1.29, 1.82) is 0 Å². The molecule has 0 saturated carbocycles. The fourth-order valence-electron chi connectivity index (χ4n) is 3.28. The second-order valence-corrected chi connectivity index (χ2v) is 6.04. The van der Waals surface area contributed by atoms with E-state index in [0.29, 0.717) is 18.0 Å². The molecule has 24 heavy (non-hydrogen) atoms. The van der Waals surface area contributed by atoms with E-state index in [4.69, 9.17) is 4.74 Å². The molecular weight excluding hydrogens is 308 g/mol. The van der Waals surface area contributed by atoms with Crippen LogP contribution in [-0.2, 0) is 11.8 Å². The molecule has 2 atom stereocenters. The molecule has 0 bridgehead atoms. The number of likely N-dealkylation sites (tertiary alicyclic amines) is 1. The lowest BCUT2D eigenvalue weighted by atomic mass is 9.89. The van der Waals surface area contributed by atoms with E-state index in [1.54, 1.807) is 42.0 Å². The van der Waals surface area contributed by atoms with E-state index in [0.717, 1.165) is 5.56 Å². The summed E-state index contributed by atoms with van der Waals surface area (Å²) in [6.07, 6.45) is 1.80. The number of carbonyl (C=O) groups is 2. The monoisotopic (exact) mass is 328 g/mol. The molecule has 1 aliphatic rings. The van der Waals surface area contributed by atoms with Crippen LogP contribution in [0.3, 0.4) is 0 Å². The van der Waals surface area contributed by atoms with E-state index in [1.807, 2.05) is 24.3 Å². The maximum atomic E-state index is 12.7. The van der Waals surface area contributed by atoms with E-state index < -0.39 is 11.9 Å². The van der Waals surface area contributed by atoms with Gasteiger partial charge in [0.1, 0.15) is 11.4 Å². The lowest BCUT2D eigenvalue weighted by Gasteiger charge is -2.17. The Morgan fingerprint density at radius 1 is 1.21 bits per heavy atom. The number of hydrogen-bond acceptors (Lipinski definition) is 3. The molecule has 6 nitrogen and oxygen atoms in total. The number of carboxylic acids is 1. The van der Waals surface area contributed by atoms with Gasteiger partial charge in [-0.1, -0.05) is 12.1 Å². The van der Waals surface area contributed by atoms with Gasteiger partial charge in [0.2, 0.25) is 0 Å². The smallest absolute Gasteiger partial charge is 0.308 e. The van der Waals surface area contributed by atoms with Crippen LogP contribution in [0.15, 0.2) is 42.6 Å². The lowest BCUT2D eigenvalue weighted by molar-refractivity contribution is -0.141. The van der Waals surface area contributed by atoms with E-state index >= 15 is 0 Å². The molecule has 6 heteroatoms. The molecule has 126 valence electrons. The summed E-state index contributed by atoms with van der Waals surface area (Å²) in [4.78, 5) is 26.0. The molecule has 1 aliphatic heterocycles. The van der Waals surface area contributed by atoms with Crippen molar-refractivity contribution in [2.45, 2.75) is 5.92 Å². The minimum atomic E-state index is -0.884. The lowest BCUT2D eigenvalue weighted by Crippen LogP contribution is -2.31. The molecule has 1 aromatic carbocycles. The Labute approximate surface area is 140 Å². The van der Waals surface area contributed by atoms with Gasteiger partial charge < -0.3 is 19.3 Å². The average Bonchev–Trinajstić information content (AvgIpc) is 3.21. The molecule has 1 amide bonds. The van der Waals surface area contributed by atoms with Gasteiger partial charge in [-0.3, -0.25) is 9.59 Å². The number of rotatable bonds is 4. The number of carboxylic acid groups (broad SMARTS) is 1. The SMILES string of the molecule is COc1cccc([C@H]2CN(C(=O)c3cccn3C)C[C@@H]2C(=O)O)c1. The fourth-order valence-corrected chi connectivity index (χ4v) is 3.28. The highest BCUT2D eigenvalue weighted by molar-refractivity contribution is 5.93. The minimum Gasteiger partial charge on any atom is -0.497 e. The van der Waals surface area contributed by atoms with Gasteiger partial charge in [-0.2, -0.15) is 0 Å². The Bertz CT molecular complexity index is 768. The summed E-state index contributed by atoms with van der Waals surface area (Å²) in [6.45, 7) is 0.593. The van der Waals surface area contributed by atoms with Crippen molar-refractivity contribution < 1.29 is 19.4 Å². The molecule has 1 saturated heterocycles. The number of hydrogen-bond donors (Lipinski definition) is 1. The summed E-state index contributed by atoms with van der Waals surface area (Å²) in [6, 6.07) is 10.9. The first-order valence-electron chi connectivity index (χ1n) is 7.78. The Morgan fingerprint density at radius 3 is 2.62 bits per heavy atom. The second-order valence-electron chi connectivity index (χ2n) is 6.04. The van der Waals surface area contributed by atoms with Crippen molar-refractivity contribution in [3.63, 3.8) is 0 Å². The largest absolute Gasteiger partial charge is 0.497 e. The van der Waals surface area contributed by atoms with Crippen LogP contribution in [0.25, 0.3) is 0 Å². The zero-order chi connectivity index (χ0) is 17.3. The van der Waals surface area contributed by atoms with Crippen LogP contribution in [-0.4, -0.2) is 46.6 Å². The third-order valence-electron chi connectivity index (χ3n) is 4.61. The second kappa shape index (κ2) is 6.39. The van der Waals surface area contributed by atoms with Crippen molar-refractivity contribution >= 4 is 11.9 Å². The Hall–Kier alpha value is -2.76. The van der Waals surface area contributed by atoms with Crippen molar-refractivity contribution in [3.8, 4) is 5.75 Å². The van der Waals surface area contributed by atoms with Crippen LogP contribution in [0.2, 0.25) is 0 Å². The van der Waals surface area contributed by atoms with Crippen LogP contribution >= 0.6 is 0 Å². The number of aliphatic carboxylic acids is 1. The quantitative estimate of drug-likeness (QED) is 0.931. The highest BCUT2D eigenvalue weighted by Gasteiger charge is 2.41. The van der Waals surface area contributed by atoms with Crippen LogP contribution < -0.4 is 4.74 Å². The molecule has 2 heterocycles. The zero-order valence-electron chi connectivity index (χ0n) is 13.7. The van der Waals surface area contributed by atoms with Gasteiger partial charge >= 0.3 is 5.97 Å². The number of amides is 1. The highest BCUT2D eigenvalue weighted by Crippen LogP contribution is 2.35. The van der Waals surface area contributed by atoms with Gasteiger partial charge in [0.25, 0.3) is 5.91 Å². The first kappa shape index (κ1) is 16.1. The van der Waals surface area contributed by atoms with Crippen LogP contribution in [0.1, 0.15) is 22.0 Å². The van der Waals surface area contributed by atoms with Gasteiger partial charge in [0, 0.05) is 32.3 Å². The van der Waals surface area contributed by atoms with Gasteiger partial charge in [-0.05, 0) is 29.8 Å². The van der Waals surface area contributed by atoms with Gasteiger partial charge in [-0.15, -0.1) is 0 Å². The summed E-state index contributed by atoms with van der Waals surface area (Å²) < 4.78 is 6.97. The normalized spacial score (nSPS) is 20.2. The molecule has 3 rings (SSSR count). The number of carbonyl (C=O) groups excluding carboxylic acids is 1. The van der Waals surface area contributed by atoms with Crippen LogP contribution in [0.4, 0.5) is 0 Å². The number of methoxy groups -OCH3 is 1. The summed E-state index contributed by atoms with van der Waals surface area (Å²) in [5, 5.41) is 9.58. The molecule has 1 N–H and O–H groups in total. The van der Waals surface area contributed by atoms with E-state index in [1.165, 1.54) is 0 Å². The fraction of sp³-hybridized carbons (Fsp3) is 0.333. The molecule has 2 aromatic rings. The Balaban J connectivity index is 1.88.